The van der Waals surface area contributed by atoms with Gasteiger partial charge in [0.05, 0.1) is 16.5 Å². The van der Waals surface area contributed by atoms with Crippen LogP contribution in [-0.4, -0.2) is 48.3 Å². The number of carbonyl (C=O) groups is 1. The summed E-state index contributed by atoms with van der Waals surface area (Å²) in [6.07, 6.45) is 2.11. The van der Waals surface area contributed by atoms with E-state index in [0.29, 0.717) is 18.7 Å². The Kier molecular flexibility index (Phi) is 4.77. The summed E-state index contributed by atoms with van der Waals surface area (Å²) in [6.45, 7) is 10.1. The predicted molar refractivity (Wildman–Crippen MR) is 89.1 cm³/mol. The van der Waals surface area contributed by atoms with Gasteiger partial charge in [0.2, 0.25) is 0 Å². The number of aromatic nitrogens is 1. The fourth-order valence-corrected chi connectivity index (χ4v) is 5.03. The second-order valence-corrected chi connectivity index (χ2v) is 9.68. The lowest BCUT2D eigenvalue weighted by Gasteiger charge is -2.26. The number of hydrogen-bond donors (Lipinski definition) is 0. The van der Waals surface area contributed by atoms with Crippen molar-refractivity contribution in [3.63, 3.8) is 0 Å². The minimum Gasteiger partial charge on any atom is -0.330 e. The van der Waals surface area contributed by atoms with Gasteiger partial charge in [-0.05, 0) is 6.42 Å². The fourth-order valence-electron chi connectivity index (χ4n) is 2.42. The Labute approximate surface area is 136 Å². The molecule has 2 heterocycles. The summed E-state index contributed by atoms with van der Waals surface area (Å²) in [6, 6.07) is -0.282. The van der Waals surface area contributed by atoms with Crippen molar-refractivity contribution in [1.29, 1.82) is 0 Å². The van der Waals surface area contributed by atoms with Crippen molar-refractivity contribution < 1.29 is 13.2 Å². The van der Waals surface area contributed by atoms with Gasteiger partial charge in [-0.1, -0.05) is 26.8 Å². The quantitative estimate of drug-likeness (QED) is 0.787. The van der Waals surface area contributed by atoms with Crippen LogP contribution in [0.5, 0.6) is 0 Å². The minimum absolute atomic E-state index is 0.0306. The number of sulfone groups is 1. The molecular formula is C15H22N2O3S2. The van der Waals surface area contributed by atoms with E-state index in [1.807, 2.05) is 20.8 Å². The van der Waals surface area contributed by atoms with Crippen molar-refractivity contribution in [2.24, 2.45) is 0 Å². The number of nitrogens with zero attached hydrogens (tertiary/aromatic N) is 2. The molecule has 122 valence electrons. The van der Waals surface area contributed by atoms with Crippen LogP contribution in [-0.2, 0) is 15.3 Å². The lowest BCUT2D eigenvalue weighted by atomic mass is 9.98. The molecule has 0 aliphatic carbocycles. The van der Waals surface area contributed by atoms with E-state index in [-0.39, 0.29) is 28.9 Å². The van der Waals surface area contributed by atoms with E-state index < -0.39 is 9.84 Å². The second kappa shape index (κ2) is 6.12. The Hall–Kier alpha value is -1.21. The molecule has 0 bridgehead atoms. The average Bonchev–Trinajstić information content (AvgIpc) is 3.01. The van der Waals surface area contributed by atoms with Gasteiger partial charge in [-0.15, -0.1) is 17.9 Å². The molecule has 1 aromatic heterocycles. The highest BCUT2D eigenvalue weighted by atomic mass is 32.2. The van der Waals surface area contributed by atoms with E-state index in [4.69, 9.17) is 0 Å². The molecule has 0 radical (unpaired) electrons. The standard InChI is InChI=1S/C15H22N2O3S2/c1-5-7-17(11-6-8-22(19,20)10-11)13(18)12-9-21-14(16-12)15(2,3)4/h5,9,11H,1,6-8,10H2,2-4H3/t11-/m1/s1. The number of carbonyl (C=O) groups excluding carboxylic acids is 1. The van der Waals surface area contributed by atoms with Crippen LogP contribution in [0.4, 0.5) is 0 Å². The second-order valence-electron chi connectivity index (χ2n) is 6.59. The van der Waals surface area contributed by atoms with E-state index in [1.165, 1.54) is 11.3 Å². The third-order valence-electron chi connectivity index (χ3n) is 3.60. The zero-order valence-corrected chi connectivity index (χ0v) is 14.8. The Morgan fingerprint density at radius 2 is 2.23 bits per heavy atom. The Balaban J connectivity index is 2.23. The maximum atomic E-state index is 12.7. The maximum absolute atomic E-state index is 12.7. The SMILES string of the molecule is C=CCN(C(=O)c1csc(C(C)(C)C)n1)[C@@H]1CCS(=O)(=O)C1. The molecule has 1 aliphatic rings. The van der Waals surface area contributed by atoms with E-state index in [1.54, 1.807) is 16.4 Å². The monoisotopic (exact) mass is 342 g/mol. The van der Waals surface area contributed by atoms with E-state index in [9.17, 15) is 13.2 Å². The predicted octanol–water partition coefficient (Wildman–Crippen LogP) is 2.26. The molecule has 5 nitrogen and oxygen atoms in total. The smallest absolute Gasteiger partial charge is 0.273 e. The average molecular weight is 342 g/mol. The summed E-state index contributed by atoms with van der Waals surface area (Å²) in [7, 11) is -3.04. The summed E-state index contributed by atoms with van der Waals surface area (Å²) >= 11 is 1.46. The summed E-state index contributed by atoms with van der Waals surface area (Å²) in [5.74, 6) is -0.0418. The molecule has 1 saturated heterocycles. The van der Waals surface area contributed by atoms with Crippen LogP contribution in [0.2, 0.25) is 0 Å². The van der Waals surface area contributed by atoms with Crippen LogP contribution < -0.4 is 0 Å². The summed E-state index contributed by atoms with van der Waals surface area (Å²) in [5, 5.41) is 2.65. The topological polar surface area (TPSA) is 67.3 Å². The molecule has 1 amide bonds. The normalized spacial score (nSPS) is 20.8. The van der Waals surface area contributed by atoms with Crippen molar-refractivity contribution in [3.05, 3.63) is 28.7 Å². The van der Waals surface area contributed by atoms with Gasteiger partial charge in [-0.2, -0.15) is 0 Å². The number of thiazole rings is 1. The first kappa shape index (κ1) is 17.1. The third kappa shape index (κ3) is 3.76. The van der Waals surface area contributed by atoms with Crippen molar-refractivity contribution in [2.75, 3.05) is 18.1 Å². The zero-order chi connectivity index (χ0) is 16.5. The van der Waals surface area contributed by atoms with Crippen LogP contribution in [0, 0.1) is 0 Å². The van der Waals surface area contributed by atoms with Crippen LogP contribution >= 0.6 is 11.3 Å². The first-order chi connectivity index (χ1) is 10.1. The van der Waals surface area contributed by atoms with Gasteiger partial charge in [0.25, 0.3) is 5.91 Å². The largest absolute Gasteiger partial charge is 0.330 e. The number of amides is 1. The van der Waals surface area contributed by atoms with E-state index >= 15 is 0 Å². The number of rotatable bonds is 4. The Morgan fingerprint density at radius 1 is 1.55 bits per heavy atom. The van der Waals surface area contributed by atoms with Crippen LogP contribution in [0.25, 0.3) is 0 Å². The van der Waals surface area contributed by atoms with Gasteiger partial charge in [-0.25, -0.2) is 13.4 Å². The molecular weight excluding hydrogens is 320 g/mol. The van der Waals surface area contributed by atoms with Crippen molar-refractivity contribution in [1.82, 2.24) is 9.88 Å². The van der Waals surface area contributed by atoms with Crippen molar-refractivity contribution in [3.8, 4) is 0 Å². The van der Waals surface area contributed by atoms with Crippen LogP contribution in [0.1, 0.15) is 42.7 Å². The lowest BCUT2D eigenvalue weighted by molar-refractivity contribution is 0.0715. The highest BCUT2D eigenvalue weighted by Gasteiger charge is 2.35. The first-order valence-electron chi connectivity index (χ1n) is 7.22. The molecule has 1 atom stereocenters. The molecule has 0 spiro atoms. The molecule has 1 aromatic rings. The molecule has 0 aromatic carbocycles. The molecule has 1 aliphatic heterocycles. The Morgan fingerprint density at radius 3 is 2.68 bits per heavy atom. The van der Waals surface area contributed by atoms with Crippen LogP contribution in [0.3, 0.4) is 0 Å². The summed E-state index contributed by atoms with van der Waals surface area (Å²) < 4.78 is 23.3. The number of hydrogen-bond acceptors (Lipinski definition) is 5. The van der Waals surface area contributed by atoms with Crippen molar-refractivity contribution in [2.45, 2.75) is 38.6 Å². The third-order valence-corrected chi connectivity index (χ3v) is 6.62. The van der Waals surface area contributed by atoms with E-state index in [2.05, 4.69) is 11.6 Å². The maximum Gasteiger partial charge on any atom is 0.273 e. The van der Waals surface area contributed by atoms with Gasteiger partial charge in [0.15, 0.2) is 9.84 Å². The lowest BCUT2D eigenvalue weighted by Crippen LogP contribution is -2.41. The minimum atomic E-state index is -3.04. The van der Waals surface area contributed by atoms with Gasteiger partial charge >= 0.3 is 0 Å². The van der Waals surface area contributed by atoms with E-state index in [0.717, 1.165) is 5.01 Å². The summed E-state index contributed by atoms with van der Waals surface area (Å²) in [4.78, 5) is 18.7. The molecule has 0 N–H and O–H groups in total. The Bertz CT molecular complexity index is 671. The molecule has 7 heteroatoms. The van der Waals surface area contributed by atoms with Crippen molar-refractivity contribution >= 4 is 27.1 Å². The van der Waals surface area contributed by atoms with Gasteiger partial charge < -0.3 is 4.90 Å². The molecule has 22 heavy (non-hydrogen) atoms. The zero-order valence-electron chi connectivity index (χ0n) is 13.2. The van der Waals surface area contributed by atoms with Crippen LogP contribution in [0.15, 0.2) is 18.0 Å². The highest BCUT2D eigenvalue weighted by molar-refractivity contribution is 7.91. The fraction of sp³-hybridized carbons (Fsp3) is 0.600. The molecule has 0 unspecified atom stereocenters. The molecule has 0 saturated carbocycles. The highest BCUT2D eigenvalue weighted by Crippen LogP contribution is 2.27. The summed E-state index contributed by atoms with van der Waals surface area (Å²) in [5.41, 5.74) is 0.282. The van der Waals surface area contributed by atoms with Gasteiger partial charge in [0.1, 0.15) is 5.69 Å². The first-order valence-corrected chi connectivity index (χ1v) is 9.92. The van der Waals surface area contributed by atoms with Gasteiger partial charge in [-0.3, -0.25) is 4.79 Å². The molecule has 1 fully saturated rings. The molecule has 2 rings (SSSR count). The van der Waals surface area contributed by atoms with Gasteiger partial charge in [0, 0.05) is 23.4 Å².